The molecule has 1 aromatic heterocycles. The third-order valence-electron chi connectivity index (χ3n) is 4.65. The number of rotatable bonds is 9. The van der Waals surface area contributed by atoms with Crippen LogP contribution in [0.4, 0.5) is 0 Å². The predicted octanol–water partition coefficient (Wildman–Crippen LogP) is 2.98. The van der Waals surface area contributed by atoms with Gasteiger partial charge in [-0.25, -0.2) is 8.42 Å². The van der Waals surface area contributed by atoms with Crippen LogP contribution in [0.25, 0.3) is 0 Å². The highest BCUT2D eigenvalue weighted by molar-refractivity contribution is 7.90. The summed E-state index contributed by atoms with van der Waals surface area (Å²) in [6.45, 7) is 0.634. The van der Waals surface area contributed by atoms with Gasteiger partial charge in [0.05, 0.1) is 4.90 Å². The van der Waals surface area contributed by atoms with Crippen molar-refractivity contribution in [3.8, 4) is 0 Å². The van der Waals surface area contributed by atoms with E-state index in [4.69, 9.17) is 4.52 Å². The van der Waals surface area contributed by atoms with Gasteiger partial charge >= 0.3 is 0 Å². The second kappa shape index (κ2) is 9.64. The standard InChI is InChI=1S/C20H25N3O4S/c24-19(21-14-13-16-7-3-1-4-8-16)11-12-20-22-18(23-27-20)15-28(25,26)17-9-5-2-6-10-17/h2,5-7,9-10H,1,3-4,8,11-15H2,(H,21,24). The van der Waals surface area contributed by atoms with E-state index in [1.807, 2.05) is 0 Å². The second-order valence-electron chi connectivity index (χ2n) is 6.88. The number of hydrogen-bond acceptors (Lipinski definition) is 6. The number of aromatic nitrogens is 2. The number of nitrogens with one attached hydrogen (secondary N) is 1. The molecule has 0 atom stereocenters. The summed E-state index contributed by atoms with van der Waals surface area (Å²) < 4.78 is 29.8. The summed E-state index contributed by atoms with van der Waals surface area (Å²) in [7, 11) is -3.52. The zero-order valence-electron chi connectivity index (χ0n) is 15.8. The topological polar surface area (TPSA) is 102 Å². The molecule has 28 heavy (non-hydrogen) atoms. The number of aryl methyl sites for hydroxylation is 1. The van der Waals surface area contributed by atoms with Crippen LogP contribution in [0.5, 0.6) is 0 Å². The Hall–Kier alpha value is -2.48. The van der Waals surface area contributed by atoms with Gasteiger partial charge in [-0.15, -0.1) is 0 Å². The summed E-state index contributed by atoms with van der Waals surface area (Å²) in [5.74, 6) is -0.0399. The fourth-order valence-electron chi connectivity index (χ4n) is 3.13. The Morgan fingerprint density at radius 2 is 1.96 bits per heavy atom. The van der Waals surface area contributed by atoms with Crippen molar-refractivity contribution in [2.24, 2.45) is 0 Å². The Labute approximate surface area is 165 Å². The minimum absolute atomic E-state index is 0.0759. The third-order valence-corrected chi connectivity index (χ3v) is 6.28. The molecule has 1 heterocycles. The lowest BCUT2D eigenvalue weighted by molar-refractivity contribution is -0.121. The van der Waals surface area contributed by atoms with Gasteiger partial charge in [-0.1, -0.05) is 35.0 Å². The maximum atomic E-state index is 12.3. The zero-order valence-corrected chi connectivity index (χ0v) is 16.6. The molecular weight excluding hydrogens is 378 g/mol. The van der Waals surface area contributed by atoms with Crippen molar-refractivity contribution in [3.63, 3.8) is 0 Å². The summed E-state index contributed by atoms with van der Waals surface area (Å²) in [5.41, 5.74) is 1.42. The highest BCUT2D eigenvalue weighted by Crippen LogP contribution is 2.19. The van der Waals surface area contributed by atoms with E-state index in [-0.39, 0.29) is 41.1 Å². The maximum Gasteiger partial charge on any atom is 0.227 e. The first-order chi connectivity index (χ1) is 13.5. The summed E-state index contributed by atoms with van der Waals surface area (Å²) in [6, 6.07) is 8.15. The summed E-state index contributed by atoms with van der Waals surface area (Å²) in [6.07, 6.45) is 8.45. The number of nitrogens with zero attached hydrogens (tertiary/aromatic N) is 2. The second-order valence-corrected chi connectivity index (χ2v) is 8.87. The average Bonchev–Trinajstić information content (AvgIpc) is 3.14. The molecule has 0 saturated carbocycles. The first-order valence-corrected chi connectivity index (χ1v) is 11.2. The Kier molecular flexibility index (Phi) is 6.97. The van der Waals surface area contributed by atoms with Gasteiger partial charge in [-0.2, -0.15) is 4.98 Å². The van der Waals surface area contributed by atoms with Gasteiger partial charge in [0.1, 0.15) is 5.75 Å². The van der Waals surface area contributed by atoms with Crippen LogP contribution in [-0.2, 0) is 26.8 Å². The number of benzene rings is 1. The molecule has 0 radical (unpaired) electrons. The van der Waals surface area contributed by atoms with Crippen LogP contribution >= 0.6 is 0 Å². The van der Waals surface area contributed by atoms with Crippen molar-refractivity contribution in [2.75, 3.05) is 6.54 Å². The minimum atomic E-state index is -3.52. The molecule has 8 heteroatoms. The summed E-state index contributed by atoms with van der Waals surface area (Å²) in [4.78, 5) is 16.3. The van der Waals surface area contributed by atoms with Gasteiger partial charge in [0.2, 0.25) is 11.8 Å². The van der Waals surface area contributed by atoms with Crippen molar-refractivity contribution in [3.05, 3.63) is 53.7 Å². The van der Waals surface area contributed by atoms with Gasteiger partial charge in [-0.05, 0) is 44.2 Å². The number of carbonyl (C=O) groups is 1. The molecule has 150 valence electrons. The highest BCUT2D eigenvalue weighted by atomic mass is 32.2. The largest absolute Gasteiger partial charge is 0.356 e. The molecule has 2 aromatic rings. The number of amides is 1. The van der Waals surface area contributed by atoms with Crippen molar-refractivity contribution >= 4 is 15.7 Å². The number of hydrogen-bond donors (Lipinski definition) is 1. The molecule has 0 spiro atoms. The lowest BCUT2D eigenvalue weighted by Gasteiger charge is -2.12. The van der Waals surface area contributed by atoms with Gasteiger partial charge in [0.15, 0.2) is 15.7 Å². The van der Waals surface area contributed by atoms with Gasteiger partial charge in [-0.3, -0.25) is 4.79 Å². The third kappa shape index (κ3) is 6.02. The lowest BCUT2D eigenvalue weighted by atomic mass is 9.97. The Morgan fingerprint density at radius 3 is 2.71 bits per heavy atom. The van der Waals surface area contributed by atoms with E-state index in [2.05, 4.69) is 21.5 Å². The SMILES string of the molecule is O=C(CCc1nc(CS(=O)(=O)c2ccccc2)no1)NCCC1=CCCCC1. The lowest BCUT2D eigenvalue weighted by Crippen LogP contribution is -2.25. The molecular formula is C20H25N3O4S. The molecule has 1 N–H and O–H groups in total. The first kappa shape index (κ1) is 20.3. The van der Waals surface area contributed by atoms with Crippen molar-refractivity contribution in [1.29, 1.82) is 0 Å². The Morgan fingerprint density at radius 1 is 1.14 bits per heavy atom. The van der Waals surface area contributed by atoms with E-state index in [9.17, 15) is 13.2 Å². The molecule has 0 fully saturated rings. The van der Waals surface area contributed by atoms with E-state index < -0.39 is 9.84 Å². The van der Waals surface area contributed by atoms with Crippen LogP contribution < -0.4 is 5.32 Å². The molecule has 0 aliphatic heterocycles. The molecule has 1 aliphatic carbocycles. The van der Waals surface area contributed by atoms with E-state index in [1.54, 1.807) is 18.2 Å². The van der Waals surface area contributed by atoms with Gasteiger partial charge < -0.3 is 9.84 Å². The zero-order chi connectivity index (χ0) is 19.8. The fraction of sp³-hybridized carbons (Fsp3) is 0.450. The number of sulfone groups is 1. The van der Waals surface area contributed by atoms with E-state index >= 15 is 0 Å². The van der Waals surface area contributed by atoms with E-state index in [0.717, 1.165) is 19.3 Å². The van der Waals surface area contributed by atoms with Crippen LogP contribution in [0, 0.1) is 0 Å². The van der Waals surface area contributed by atoms with Crippen LogP contribution in [0.15, 0.2) is 51.4 Å². The highest BCUT2D eigenvalue weighted by Gasteiger charge is 2.19. The quantitative estimate of drug-likeness (QED) is 0.646. The molecule has 3 rings (SSSR count). The van der Waals surface area contributed by atoms with Crippen molar-refractivity contribution in [1.82, 2.24) is 15.5 Å². The number of carbonyl (C=O) groups excluding carboxylic acids is 1. The van der Waals surface area contributed by atoms with Gasteiger partial charge in [0.25, 0.3) is 0 Å². The molecule has 1 aliphatic rings. The fourth-order valence-corrected chi connectivity index (χ4v) is 4.33. The molecule has 0 bridgehead atoms. The van der Waals surface area contributed by atoms with Crippen LogP contribution in [0.3, 0.4) is 0 Å². The Balaban J connectivity index is 1.43. The predicted molar refractivity (Wildman–Crippen MR) is 104 cm³/mol. The summed E-state index contributed by atoms with van der Waals surface area (Å²) >= 11 is 0. The van der Waals surface area contributed by atoms with Crippen LogP contribution in [0.2, 0.25) is 0 Å². The molecule has 0 saturated heterocycles. The smallest absolute Gasteiger partial charge is 0.227 e. The molecule has 0 unspecified atom stereocenters. The average molecular weight is 404 g/mol. The first-order valence-electron chi connectivity index (χ1n) is 9.57. The van der Waals surface area contributed by atoms with Crippen molar-refractivity contribution in [2.45, 2.75) is 55.6 Å². The molecule has 1 amide bonds. The van der Waals surface area contributed by atoms with Gasteiger partial charge in [0, 0.05) is 19.4 Å². The normalized spacial score (nSPS) is 14.5. The van der Waals surface area contributed by atoms with E-state index in [0.29, 0.717) is 6.54 Å². The molecule has 1 aromatic carbocycles. The monoisotopic (exact) mass is 403 g/mol. The number of allylic oxidation sites excluding steroid dienone is 1. The molecule has 7 nitrogen and oxygen atoms in total. The summed E-state index contributed by atoms with van der Waals surface area (Å²) in [5, 5.41) is 6.62. The van der Waals surface area contributed by atoms with Crippen LogP contribution in [-0.4, -0.2) is 31.0 Å². The van der Waals surface area contributed by atoms with E-state index in [1.165, 1.54) is 30.5 Å². The minimum Gasteiger partial charge on any atom is -0.356 e. The van der Waals surface area contributed by atoms with Crippen molar-refractivity contribution < 1.29 is 17.7 Å². The Bertz CT molecular complexity index is 920. The van der Waals surface area contributed by atoms with Crippen LogP contribution in [0.1, 0.15) is 50.2 Å². The maximum absolute atomic E-state index is 12.3.